The highest BCUT2D eigenvalue weighted by Gasteiger charge is 2.32. The highest BCUT2D eigenvalue weighted by Crippen LogP contribution is 2.24. The molecule has 2 aromatic carbocycles. The van der Waals surface area contributed by atoms with Gasteiger partial charge >= 0.3 is 0 Å². The average molecular weight is 379 g/mol. The molecule has 2 saturated heterocycles. The van der Waals surface area contributed by atoms with Gasteiger partial charge in [0.15, 0.2) is 11.5 Å². The summed E-state index contributed by atoms with van der Waals surface area (Å²) in [5.74, 6) is 0.219. The molecule has 144 valence electrons. The van der Waals surface area contributed by atoms with Crippen LogP contribution in [-0.2, 0) is 6.42 Å². The van der Waals surface area contributed by atoms with Crippen LogP contribution in [0.25, 0.3) is 11.1 Å². The molecular weight excluding hydrogens is 357 g/mol. The lowest BCUT2D eigenvalue weighted by Crippen LogP contribution is -2.52. The lowest BCUT2D eigenvalue weighted by atomic mass is 10.1. The summed E-state index contributed by atoms with van der Waals surface area (Å²) in [7, 11) is 0. The van der Waals surface area contributed by atoms with Crippen LogP contribution in [0.3, 0.4) is 0 Å². The van der Waals surface area contributed by atoms with Gasteiger partial charge in [-0.2, -0.15) is 0 Å². The third-order valence-electron chi connectivity index (χ3n) is 5.85. The number of carbonyl (C=O) groups excluding carboxylic acids is 1. The molecule has 2 fully saturated rings. The van der Waals surface area contributed by atoms with Crippen molar-refractivity contribution in [3.8, 4) is 0 Å². The summed E-state index contributed by atoms with van der Waals surface area (Å²) < 4.78 is 19.7. The highest BCUT2D eigenvalue weighted by atomic mass is 19.1. The Morgan fingerprint density at radius 2 is 2.07 bits per heavy atom. The minimum absolute atomic E-state index is 0.0421. The van der Waals surface area contributed by atoms with Gasteiger partial charge in [0.1, 0.15) is 11.3 Å². The second-order valence-corrected chi connectivity index (χ2v) is 7.64. The molecule has 2 aliphatic heterocycles. The molecular formula is C22H22FN3O2. The lowest BCUT2D eigenvalue weighted by Gasteiger charge is -2.37. The summed E-state index contributed by atoms with van der Waals surface area (Å²) in [5, 5.41) is 0. The first-order valence-electron chi connectivity index (χ1n) is 9.83. The summed E-state index contributed by atoms with van der Waals surface area (Å²) in [6, 6.07) is 12.5. The normalized spacial score (nSPS) is 19.9. The van der Waals surface area contributed by atoms with Gasteiger partial charge in [-0.25, -0.2) is 9.37 Å². The van der Waals surface area contributed by atoms with E-state index in [4.69, 9.17) is 4.42 Å². The molecule has 5 rings (SSSR count). The van der Waals surface area contributed by atoms with Crippen LogP contribution >= 0.6 is 0 Å². The number of aromatic nitrogens is 1. The van der Waals surface area contributed by atoms with Crippen LogP contribution in [0.4, 0.5) is 4.39 Å². The van der Waals surface area contributed by atoms with Gasteiger partial charge in [0.05, 0.1) is 6.42 Å². The standard InChI is InChI=1S/C22H22FN3O2/c23-18-6-2-1-4-15(18)13-21-24-19-8-7-16(12-20(19)28-21)22(27)26-11-10-25-9-3-5-17(25)14-26/h1-2,4,6-8,12,17H,3,5,9-11,13-14H2/t17-/m0/s1. The molecule has 0 radical (unpaired) electrons. The van der Waals surface area contributed by atoms with Crippen LogP contribution in [0.1, 0.15) is 34.7 Å². The molecule has 0 N–H and O–H groups in total. The quantitative estimate of drug-likeness (QED) is 0.699. The number of nitrogens with zero attached hydrogens (tertiary/aromatic N) is 3. The summed E-state index contributed by atoms with van der Waals surface area (Å²) in [4.78, 5) is 21.8. The molecule has 0 spiro atoms. The smallest absolute Gasteiger partial charge is 0.254 e. The van der Waals surface area contributed by atoms with Gasteiger partial charge < -0.3 is 9.32 Å². The number of amides is 1. The minimum atomic E-state index is -0.272. The highest BCUT2D eigenvalue weighted by molar-refractivity contribution is 5.97. The summed E-state index contributed by atoms with van der Waals surface area (Å²) in [6.07, 6.45) is 2.68. The fourth-order valence-electron chi connectivity index (χ4n) is 4.34. The number of rotatable bonds is 3. The Morgan fingerprint density at radius 1 is 1.18 bits per heavy atom. The van der Waals surface area contributed by atoms with Crippen molar-refractivity contribution in [2.24, 2.45) is 0 Å². The molecule has 0 saturated carbocycles. The summed E-state index contributed by atoms with van der Waals surface area (Å²) in [6.45, 7) is 3.67. The monoisotopic (exact) mass is 379 g/mol. The molecule has 28 heavy (non-hydrogen) atoms. The number of piperazine rings is 1. The van der Waals surface area contributed by atoms with Crippen molar-refractivity contribution < 1.29 is 13.6 Å². The molecule has 6 heteroatoms. The maximum Gasteiger partial charge on any atom is 0.254 e. The van der Waals surface area contributed by atoms with Crippen molar-refractivity contribution in [2.75, 3.05) is 26.2 Å². The van der Waals surface area contributed by atoms with E-state index in [1.807, 2.05) is 11.0 Å². The second kappa shape index (κ2) is 7.02. The Balaban J connectivity index is 1.36. The Morgan fingerprint density at radius 3 is 2.96 bits per heavy atom. The Kier molecular flexibility index (Phi) is 4.36. The zero-order valence-electron chi connectivity index (χ0n) is 15.6. The first-order valence-corrected chi connectivity index (χ1v) is 9.83. The van der Waals surface area contributed by atoms with Gasteiger partial charge in [0.2, 0.25) is 0 Å². The van der Waals surface area contributed by atoms with Crippen LogP contribution < -0.4 is 0 Å². The zero-order valence-corrected chi connectivity index (χ0v) is 15.6. The number of hydrogen-bond acceptors (Lipinski definition) is 4. The van der Waals surface area contributed by atoms with Crippen molar-refractivity contribution in [3.05, 3.63) is 65.3 Å². The van der Waals surface area contributed by atoms with Crippen LogP contribution in [0.5, 0.6) is 0 Å². The molecule has 3 aromatic rings. The number of hydrogen-bond donors (Lipinski definition) is 0. The molecule has 5 nitrogen and oxygen atoms in total. The van der Waals surface area contributed by atoms with Crippen molar-refractivity contribution in [3.63, 3.8) is 0 Å². The molecule has 3 heterocycles. The summed E-state index contributed by atoms with van der Waals surface area (Å²) in [5.41, 5.74) is 2.41. The third kappa shape index (κ3) is 3.18. The van der Waals surface area contributed by atoms with Crippen molar-refractivity contribution in [1.82, 2.24) is 14.8 Å². The van der Waals surface area contributed by atoms with Crippen LogP contribution in [-0.4, -0.2) is 52.9 Å². The Hall–Kier alpha value is -2.73. The predicted octanol–water partition coefficient (Wildman–Crippen LogP) is 3.48. The summed E-state index contributed by atoms with van der Waals surface area (Å²) >= 11 is 0. The molecule has 0 aliphatic carbocycles. The Bertz CT molecular complexity index is 1030. The largest absolute Gasteiger partial charge is 0.440 e. The van der Waals surface area contributed by atoms with Gasteiger partial charge in [-0.3, -0.25) is 9.69 Å². The van der Waals surface area contributed by atoms with E-state index in [0.717, 1.165) is 26.2 Å². The number of fused-ring (bicyclic) bond motifs is 2. The van der Waals surface area contributed by atoms with Crippen molar-refractivity contribution in [1.29, 1.82) is 0 Å². The van der Waals surface area contributed by atoms with Crippen LogP contribution in [0.2, 0.25) is 0 Å². The molecule has 0 unspecified atom stereocenters. The van der Waals surface area contributed by atoms with Gasteiger partial charge in [-0.05, 0) is 49.2 Å². The lowest BCUT2D eigenvalue weighted by molar-refractivity contribution is 0.0571. The second-order valence-electron chi connectivity index (χ2n) is 7.64. The van der Waals surface area contributed by atoms with Gasteiger partial charge in [-0.1, -0.05) is 18.2 Å². The van der Waals surface area contributed by atoms with E-state index in [1.54, 1.807) is 30.3 Å². The molecule has 1 aromatic heterocycles. The number of oxazole rings is 1. The topological polar surface area (TPSA) is 49.6 Å². The first-order chi connectivity index (χ1) is 13.7. The Labute approximate surface area is 162 Å². The van der Waals surface area contributed by atoms with Crippen LogP contribution in [0, 0.1) is 5.82 Å². The maximum absolute atomic E-state index is 13.9. The molecule has 1 amide bonds. The SMILES string of the molecule is O=C(c1ccc2nc(Cc3ccccc3F)oc2c1)N1CCN2CCC[C@H]2C1. The number of benzene rings is 2. The fourth-order valence-corrected chi connectivity index (χ4v) is 4.34. The van der Waals surface area contributed by atoms with Gasteiger partial charge in [0.25, 0.3) is 5.91 Å². The van der Waals surface area contributed by atoms with E-state index in [-0.39, 0.29) is 18.1 Å². The molecule has 0 bridgehead atoms. The average Bonchev–Trinajstić information content (AvgIpc) is 3.34. The third-order valence-corrected chi connectivity index (χ3v) is 5.85. The van der Waals surface area contributed by atoms with Crippen molar-refractivity contribution in [2.45, 2.75) is 25.3 Å². The fraction of sp³-hybridized carbons (Fsp3) is 0.364. The minimum Gasteiger partial charge on any atom is -0.440 e. The first kappa shape index (κ1) is 17.4. The van der Waals surface area contributed by atoms with E-state index in [9.17, 15) is 9.18 Å². The maximum atomic E-state index is 13.9. The van der Waals surface area contributed by atoms with E-state index in [2.05, 4.69) is 9.88 Å². The molecule has 2 aliphatic rings. The molecule has 1 atom stereocenters. The van der Waals surface area contributed by atoms with E-state index < -0.39 is 0 Å². The number of carbonyl (C=O) groups is 1. The van der Waals surface area contributed by atoms with Gasteiger partial charge in [0, 0.05) is 31.2 Å². The van der Waals surface area contributed by atoms with Crippen molar-refractivity contribution >= 4 is 17.0 Å². The van der Waals surface area contributed by atoms with E-state index in [0.29, 0.717) is 34.2 Å². The predicted molar refractivity (Wildman–Crippen MR) is 104 cm³/mol. The van der Waals surface area contributed by atoms with Crippen LogP contribution in [0.15, 0.2) is 46.9 Å². The number of halogens is 1. The van der Waals surface area contributed by atoms with E-state index >= 15 is 0 Å². The van der Waals surface area contributed by atoms with Gasteiger partial charge in [-0.15, -0.1) is 0 Å². The zero-order chi connectivity index (χ0) is 19.1. The van der Waals surface area contributed by atoms with E-state index in [1.165, 1.54) is 18.9 Å².